The normalized spacial score (nSPS) is 10.4. The van der Waals surface area contributed by atoms with Crippen molar-refractivity contribution in [3.05, 3.63) is 33.4 Å². The molecule has 0 amide bonds. The lowest BCUT2D eigenvalue weighted by Gasteiger charge is -1.95. The van der Waals surface area contributed by atoms with Crippen LogP contribution in [-0.2, 0) is 0 Å². The zero-order chi connectivity index (χ0) is 10.1. The average Bonchev–Trinajstić information content (AvgIpc) is 2.51. The molecule has 0 spiro atoms. The van der Waals surface area contributed by atoms with Crippen LogP contribution in [-0.4, -0.2) is 15.0 Å². The molecule has 0 aliphatic carbocycles. The third-order valence-corrected chi connectivity index (χ3v) is 2.69. The maximum absolute atomic E-state index is 11.5. The Labute approximate surface area is 84.7 Å². The first-order valence-electron chi connectivity index (χ1n) is 4.15. The minimum atomic E-state index is -0.159. The van der Waals surface area contributed by atoms with Crippen molar-refractivity contribution in [2.75, 3.05) is 0 Å². The van der Waals surface area contributed by atoms with E-state index in [1.165, 1.54) is 11.3 Å². The maximum atomic E-state index is 11.5. The SMILES string of the molecule is Cc1cnc(-c2cnc(C)s2)c(=O)[nH]1. The molecule has 0 unspecified atom stereocenters. The van der Waals surface area contributed by atoms with Crippen molar-refractivity contribution in [1.29, 1.82) is 0 Å². The molecule has 2 aromatic rings. The van der Waals surface area contributed by atoms with Gasteiger partial charge < -0.3 is 4.98 Å². The third kappa shape index (κ3) is 1.58. The molecule has 1 N–H and O–H groups in total. The smallest absolute Gasteiger partial charge is 0.275 e. The highest BCUT2D eigenvalue weighted by Gasteiger charge is 2.07. The van der Waals surface area contributed by atoms with Gasteiger partial charge in [0, 0.05) is 18.1 Å². The highest BCUT2D eigenvalue weighted by Crippen LogP contribution is 2.20. The predicted octanol–water partition coefficient (Wildman–Crippen LogP) is 1.51. The number of aryl methyl sites for hydroxylation is 2. The van der Waals surface area contributed by atoms with Crippen molar-refractivity contribution in [1.82, 2.24) is 15.0 Å². The molecule has 2 rings (SSSR count). The van der Waals surface area contributed by atoms with Gasteiger partial charge in [-0.3, -0.25) is 4.79 Å². The molecule has 2 aromatic heterocycles. The molecule has 14 heavy (non-hydrogen) atoms. The first kappa shape index (κ1) is 9.08. The number of nitrogens with one attached hydrogen (secondary N) is 1. The minimum absolute atomic E-state index is 0.159. The first-order chi connectivity index (χ1) is 6.66. The number of rotatable bonds is 1. The standard InChI is InChI=1S/C9H9N3OS/c1-5-3-11-8(9(13)12-5)7-4-10-6(2)14-7/h3-4H,1-2H3,(H,12,13). The van der Waals surface area contributed by atoms with Crippen molar-refractivity contribution in [3.63, 3.8) is 0 Å². The van der Waals surface area contributed by atoms with Gasteiger partial charge in [-0.05, 0) is 13.8 Å². The van der Waals surface area contributed by atoms with Crippen LogP contribution in [0.2, 0.25) is 0 Å². The molecule has 2 heterocycles. The second kappa shape index (κ2) is 3.34. The van der Waals surface area contributed by atoms with Crippen LogP contribution in [0.1, 0.15) is 10.7 Å². The van der Waals surface area contributed by atoms with Crippen molar-refractivity contribution >= 4 is 11.3 Å². The second-order valence-corrected chi connectivity index (χ2v) is 4.22. The molecule has 0 aromatic carbocycles. The van der Waals surface area contributed by atoms with Gasteiger partial charge in [-0.2, -0.15) is 0 Å². The van der Waals surface area contributed by atoms with Crippen LogP contribution in [0.5, 0.6) is 0 Å². The zero-order valence-corrected chi connectivity index (χ0v) is 8.68. The van der Waals surface area contributed by atoms with Gasteiger partial charge in [0.25, 0.3) is 5.56 Å². The molecule has 5 heteroatoms. The highest BCUT2D eigenvalue weighted by atomic mass is 32.1. The van der Waals surface area contributed by atoms with E-state index in [1.807, 2.05) is 6.92 Å². The van der Waals surface area contributed by atoms with Crippen LogP contribution in [0, 0.1) is 13.8 Å². The summed E-state index contributed by atoms with van der Waals surface area (Å²) in [4.78, 5) is 23.2. The van der Waals surface area contributed by atoms with Crippen LogP contribution in [0.25, 0.3) is 10.6 Å². The fourth-order valence-corrected chi connectivity index (χ4v) is 1.91. The monoisotopic (exact) mass is 207 g/mol. The van der Waals surface area contributed by atoms with E-state index in [4.69, 9.17) is 0 Å². The summed E-state index contributed by atoms with van der Waals surface area (Å²) in [6.45, 7) is 3.70. The zero-order valence-electron chi connectivity index (χ0n) is 7.87. The molecule has 72 valence electrons. The largest absolute Gasteiger partial charge is 0.323 e. The number of H-pyrrole nitrogens is 1. The number of aromatic nitrogens is 3. The Morgan fingerprint density at radius 2 is 2.07 bits per heavy atom. The second-order valence-electron chi connectivity index (χ2n) is 2.99. The van der Waals surface area contributed by atoms with Crippen LogP contribution >= 0.6 is 11.3 Å². The fraction of sp³-hybridized carbons (Fsp3) is 0.222. The number of hydrogen-bond donors (Lipinski definition) is 1. The van der Waals surface area contributed by atoms with E-state index in [0.29, 0.717) is 5.69 Å². The van der Waals surface area contributed by atoms with Crippen LogP contribution in [0.4, 0.5) is 0 Å². The van der Waals surface area contributed by atoms with Crippen molar-refractivity contribution < 1.29 is 0 Å². The lowest BCUT2D eigenvalue weighted by Crippen LogP contribution is -2.11. The van der Waals surface area contributed by atoms with Gasteiger partial charge in [0.05, 0.1) is 9.88 Å². The Morgan fingerprint density at radius 3 is 2.64 bits per heavy atom. The lowest BCUT2D eigenvalue weighted by atomic mass is 10.4. The number of thiazole rings is 1. The molecule has 0 radical (unpaired) electrons. The van der Waals surface area contributed by atoms with Gasteiger partial charge in [0.15, 0.2) is 0 Å². The Hall–Kier alpha value is -1.49. The third-order valence-electron chi connectivity index (χ3n) is 1.77. The Morgan fingerprint density at radius 1 is 1.29 bits per heavy atom. The molecule has 0 aliphatic rings. The summed E-state index contributed by atoms with van der Waals surface area (Å²) in [5.41, 5.74) is 1.05. The van der Waals surface area contributed by atoms with Gasteiger partial charge >= 0.3 is 0 Å². The summed E-state index contributed by atoms with van der Waals surface area (Å²) >= 11 is 1.47. The van der Waals surface area contributed by atoms with E-state index in [0.717, 1.165) is 15.6 Å². The molecule has 0 fully saturated rings. The number of nitrogens with zero attached hydrogens (tertiary/aromatic N) is 2. The van der Waals surface area contributed by atoms with E-state index in [2.05, 4.69) is 15.0 Å². The van der Waals surface area contributed by atoms with Gasteiger partial charge in [0.1, 0.15) is 5.69 Å². The maximum Gasteiger partial charge on any atom is 0.275 e. The van der Waals surface area contributed by atoms with Gasteiger partial charge in [-0.25, -0.2) is 9.97 Å². The lowest BCUT2D eigenvalue weighted by molar-refractivity contribution is 1.08. The minimum Gasteiger partial charge on any atom is -0.323 e. The van der Waals surface area contributed by atoms with Crippen LogP contribution in [0.3, 0.4) is 0 Å². The predicted molar refractivity (Wildman–Crippen MR) is 55.4 cm³/mol. The summed E-state index contributed by atoms with van der Waals surface area (Å²) in [6, 6.07) is 0. The summed E-state index contributed by atoms with van der Waals surface area (Å²) < 4.78 is 0. The van der Waals surface area contributed by atoms with Gasteiger partial charge in [-0.15, -0.1) is 11.3 Å². The van der Waals surface area contributed by atoms with E-state index in [9.17, 15) is 4.79 Å². The molecule has 0 aliphatic heterocycles. The van der Waals surface area contributed by atoms with Crippen molar-refractivity contribution in [3.8, 4) is 10.6 Å². The fourth-order valence-electron chi connectivity index (χ4n) is 1.14. The molecule has 0 saturated heterocycles. The quantitative estimate of drug-likeness (QED) is 0.771. The Balaban J connectivity index is 2.57. The first-order valence-corrected chi connectivity index (χ1v) is 4.97. The van der Waals surface area contributed by atoms with Crippen LogP contribution < -0.4 is 5.56 Å². The van der Waals surface area contributed by atoms with E-state index >= 15 is 0 Å². The topological polar surface area (TPSA) is 58.6 Å². The molecule has 0 atom stereocenters. The molecular weight excluding hydrogens is 198 g/mol. The summed E-state index contributed by atoms with van der Waals surface area (Å²) in [7, 11) is 0. The van der Waals surface area contributed by atoms with Crippen LogP contribution in [0.15, 0.2) is 17.2 Å². The summed E-state index contributed by atoms with van der Waals surface area (Å²) in [5, 5.41) is 0.932. The Bertz CT molecular complexity index is 515. The molecular formula is C9H9N3OS. The van der Waals surface area contributed by atoms with E-state index in [-0.39, 0.29) is 5.56 Å². The van der Waals surface area contributed by atoms with E-state index < -0.39 is 0 Å². The van der Waals surface area contributed by atoms with Crippen molar-refractivity contribution in [2.24, 2.45) is 0 Å². The van der Waals surface area contributed by atoms with Gasteiger partial charge in [0.2, 0.25) is 0 Å². The average molecular weight is 207 g/mol. The highest BCUT2D eigenvalue weighted by molar-refractivity contribution is 7.15. The molecule has 0 bridgehead atoms. The van der Waals surface area contributed by atoms with Crippen molar-refractivity contribution in [2.45, 2.75) is 13.8 Å². The Kier molecular flexibility index (Phi) is 2.17. The summed E-state index contributed by atoms with van der Waals surface area (Å²) in [6.07, 6.45) is 3.32. The number of hydrogen-bond acceptors (Lipinski definition) is 4. The number of aromatic amines is 1. The van der Waals surface area contributed by atoms with Gasteiger partial charge in [-0.1, -0.05) is 0 Å². The summed E-state index contributed by atoms with van der Waals surface area (Å²) in [5.74, 6) is 0. The van der Waals surface area contributed by atoms with E-state index in [1.54, 1.807) is 19.3 Å². The molecule has 4 nitrogen and oxygen atoms in total. The molecule has 0 saturated carbocycles.